The fourth-order valence-corrected chi connectivity index (χ4v) is 4.35. The highest BCUT2D eigenvalue weighted by molar-refractivity contribution is 9.10. The second-order valence-electron chi connectivity index (χ2n) is 6.54. The molecule has 0 radical (unpaired) electrons. The van der Waals surface area contributed by atoms with Crippen LogP contribution in [0.1, 0.15) is 24.0 Å². The third kappa shape index (κ3) is 2.58. The second-order valence-corrected chi connectivity index (χ2v) is 7.46. The van der Waals surface area contributed by atoms with Crippen molar-refractivity contribution in [3.05, 3.63) is 64.1 Å². The van der Waals surface area contributed by atoms with Crippen molar-refractivity contribution in [2.24, 2.45) is 0 Å². The van der Waals surface area contributed by atoms with Crippen molar-refractivity contribution in [1.82, 2.24) is 0 Å². The number of benzene rings is 2. The minimum absolute atomic E-state index is 0.220. The van der Waals surface area contributed by atoms with Gasteiger partial charge in [0.2, 0.25) is 5.91 Å². The Morgan fingerprint density at radius 2 is 1.83 bits per heavy atom. The molecule has 1 amide bonds. The van der Waals surface area contributed by atoms with Crippen LogP contribution in [0.5, 0.6) is 0 Å². The molecule has 0 saturated carbocycles. The van der Waals surface area contributed by atoms with Gasteiger partial charge < -0.3 is 9.64 Å². The van der Waals surface area contributed by atoms with E-state index in [9.17, 15) is 4.79 Å². The monoisotopic (exact) mass is 385 g/mol. The summed E-state index contributed by atoms with van der Waals surface area (Å²) in [6.07, 6.45) is 2.41. The molecule has 2 aromatic carbocycles. The Bertz CT molecular complexity index is 753. The molecule has 4 rings (SSSR count). The van der Waals surface area contributed by atoms with E-state index in [0.717, 1.165) is 41.5 Å². The van der Waals surface area contributed by atoms with Crippen LogP contribution in [0.2, 0.25) is 0 Å². The summed E-state index contributed by atoms with van der Waals surface area (Å²) in [4.78, 5) is 15.6. The largest absolute Gasteiger partial charge is 0.381 e. The lowest BCUT2D eigenvalue weighted by atomic mass is 9.73. The Kier molecular flexibility index (Phi) is 4.19. The van der Waals surface area contributed by atoms with Gasteiger partial charge in [-0.25, -0.2) is 0 Å². The first-order chi connectivity index (χ1) is 11.7. The van der Waals surface area contributed by atoms with Gasteiger partial charge in [-0.3, -0.25) is 4.79 Å². The van der Waals surface area contributed by atoms with Gasteiger partial charge in [-0.2, -0.15) is 0 Å². The minimum Gasteiger partial charge on any atom is -0.381 e. The van der Waals surface area contributed by atoms with E-state index >= 15 is 0 Å². The van der Waals surface area contributed by atoms with Crippen LogP contribution in [-0.2, 0) is 21.4 Å². The van der Waals surface area contributed by atoms with Crippen LogP contribution in [0, 0.1) is 0 Å². The average Bonchev–Trinajstić information content (AvgIpc) is 3.05. The maximum Gasteiger partial charge on any atom is 0.237 e. The first-order valence-electron chi connectivity index (χ1n) is 8.44. The average molecular weight is 386 g/mol. The number of hydrogen-bond donors (Lipinski definition) is 0. The number of carbonyl (C=O) groups is 1. The van der Waals surface area contributed by atoms with E-state index in [2.05, 4.69) is 40.2 Å². The van der Waals surface area contributed by atoms with Gasteiger partial charge in [0.1, 0.15) is 0 Å². The number of hydrogen-bond acceptors (Lipinski definition) is 2. The summed E-state index contributed by atoms with van der Waals surface area (Å²) >= 11 is 3.53. The van der Waals surface area contributed by atoms with Gasteiger partial charge in [0.05, 0.1) is 5.41 Å². The molecule has 0 atom stereocenters. The van der Waals surface area contributed by atoms with E-state index in [-0.39, 0.29) is 5.91 Å². The van der Waals surface area contributed by atoms with E-state index in [0.29, 0.717) is 13.2 Å². The lowest BCUT2D eigenvalue weighted by molar-refractivity contribution is -0.127. The maximum atomic E-state index is 13.6. The summed E-state index contributed by atoms with van der Waals surface area (Å²) in [5.74, 6) is 0.220. The van der Waals surface area contributed by atoms with Crippen molar-refractivity contribution in [2.75, 3.05) is 24.7 Å². The number of rotatable bonds is 2. The molecule has 1 fully saturated rings. The van der Waals surface area contributed by atoms with Gasteiger partial charge in [0.15, 0.2) is 0 Å². The summed E-state index contributed by atoms with van der Waals surface area (Å²) in [5.41, 5.74) is 2.95. The van der Waals surface area contributed by atoms with Gasteiger partial charge in [-0.05, 0) is 48.6 Å². The summed E-state index contributed by atoms with van der Waals surface area (Å²) < 4.78 is 6.64. The van der Waals surface area contributed by atoms with Crippen LogP contribution in [0.3, 0.4) is 0 Å². The SMILES string of the molecule is O=C(N1CCc2cc(Br)ccc21)C1(c2ccccc2)CCOCC1. The van der Waals surface area contributed by atoms with Crippen molar-refractivity contribution in [2.45, 2.75) is 24.7 Å². The predicted octanol–water partition coefficient (Wildman–Crippen LogP) is 4.09. The molecule has 1 saturated heterocycles. The van der Waals surface area contributed by atoms with Crippen LogP contribution < -0.4 is 4.90 Å². The lowest BCUT2D eigenvalue weighted by Gasteiger charge is -2.39. The van der Waals surface area contributed by atoms with E-state index < -0.39 is 5.41 Å². The van der Waals surface area contributed by atoms with E-state index in [1.54, 1.807) is 0 Å². The van der Waals surface area contributed by atoms with Gasteiger partial charge in [-0.15, -0.1) is 0 Å². The number of halogens is 1. The first-order valence-corrected chi connectivity index (χ1v) is 9.24. The number of fused-ring (bicyclic) bond motifs is 1. The topological polar surface area (TPSA) is 29.5 Å². The lowest BCUT2D eigenvalue weighted by Crippen LogP contribution is -2.49. The molecule has 3 nitrogen and oxygen atoms in total. The first kappa shape index (κ1) is 15.9. The maximum absolute atomic E-state index is 13.6. The molecular formula is C20H20BrNO2. The molecule has 124 valence electrons. The van der Waals surface area contributed by atoms with Crippen molar-refractivity contribution in [3.8, 4) is 0 Å². The Balaban J connectivity index is 1.74. The smallest absolute Gasteiger partial charge is 0.237 e. The van der Waals surface area contributed by atoms with Crippen LogP contribution in [0.25, 0.3) is 0 Å². The highest BCUT2D eigenvalue weighted by Gasteiger charge is 2.45. The van der Waals surface area contributed by atoms with Crippen LogP contribution in [0.4, 0.5) is 5.69 Å². The number of anilines is 1. The summed E-state index contributed by atoms with van der Waals surface area (Å²) in [7, 11) is 0. The molecule has 2 heterocycles. The van der Waals surface area contributed by atoms with E-state index in [1.165, 1.54) is 5.56 Å². The third-order valence-corrected chi connectivity index (χ3v) is 5.76. The molecule has 2 aliphatic heterocycles. The zero-order chi connectivity index (χ0) is 16.6. The Labute approximate surface area is 150 Å². The van der Waals surface area contributed by atoms with Gasteiger partial charge in [-0.1, -0.05) is 46.3 Å². The Hall–Kier alpha value is -1.65. The molecule has 0 aromatic heterocycles. The normalized spacial score (nSPS) is 19.1. The molecule has 2 aliphatic rings. The standard InChI is InChI=1S/C20H20BrNO2/c21-17-6-7-18-15(14-17)8-11-22(18)19(23)20(9-12-24-13-10-20)16-4-2-1-3-5-16/h1-7,14H,8-13H2. The van der Waals surface area contributed by atoms with Crippen molar-refractivity contribution in [3.63, 3.8) is 0 Å². The predicted molar refractivity (Wildman–Crippen MR) is 98.4 cm³/mol. The zero-order valence-corrected chi connectivity index (χ0v) is 15.1. The molecule has 4 heteroatoms. The minimum atomic E-state index is -0.464. The molecule has 24 heavy (non-hydrogen) atoms. The Morgan fingerprint density at radius 1 is 1.08 bits per heavy atom. The van der Waals surface area contributed by atoms with Gasteiger partial charge in [0, 0.05) is 29.9 Å². The number of carbonyl (C=O) groups excluding carboxylic acids is 1. The molecule has 2 aromatic rings. The third-order valence-electron chi connectivity index (χ3n) is 5.26. The highest BCUT2D eigenvalue weighted by atomic mass is 79.9. The number of nitrogens with zero attached hydrogens (tertiary/aromatic N) is 1. The van der Waals surface area contributed by atoms with E-state index in [4.69, 9.17) is 4.74 Å². The number of amides is 1. The summed E-state index contributed by atoms with van der Waals surface area (Å²) in [5, 5.41) is 0. The van der Waals surface area contributed by atoms with Gasteiger partial charge in [0.25, 0.3) is 0 Å². The van der Waals surface area contributed by atoms with Gasteiger partial charge >= 0.3 is 0 Å². The van der Waals surface area contributed by atoms with E-state index in [1.807, 2.05) is 29.2 Å². The Morgan fingerprint density at radius 3 is 2.58 bits per heavy atom. The molecular weight excluding hydrogens is 366 g/mol. The molecule has 0 N–H and O–H groups in total. The molecule has 0 spiro atoms. The van der Waals surface area contributed by atoms with Crippen LogP contribution in [-0.4, -0.2) is 25.7 Å². The van der Waals surface area contributed by atoms with Crippen molar-refractivity contribution < 1.29 is 9.53 Å². The molecule has 0 aliphatic carbocycles. The van der Waals surface area contributed by atoms with Crippen LogP contribution in [0.15, 0.2) is 53.0 Å². The van der Waals surface area contributed by atoms with Crippen molar-refractivity contribution >= 4 is 27.5 Å². The molecule has 0 bridgehead atoms. The number of ether oxygens (including phenoxy) is 1. The molecule has 0 unspecified atom stereocenters. The highest BCUT2D eigenvalue weighted by Crippen LogP contribution is 2.40. The fraction of sp³-hybridized carbons (Fsp3) is 0.350. The van der Waals surface area contributed by atoms with Crippen molar-refractivity contribution in [1.29, 1.82) is 0 Å². The zero-order valence-electron chi connectivity index (χ0n) is 13.5. The fourth-order valence-electron chi connectivity index (χ4n) is 3.94. The quantitative estimate of drug-likeness (QED) is 0.778. The van der Waals surface area contributed by atoms with Crippen LogP contribution >= 0.6 is 15.9 Å². The summed E-state index contributed by atoms with van der Waals surface area (Å²) in [6.45, 7) is 2.05. The summed E-state index contributed by atoms with van der Waals surface area (Å²) in [6, 6.07) is 16.4. The second kappa shape index (κ2) is 6.34.